The van der Waals surface area contributed by atoms with E-state index in [4.69, 9.17) is 5.11 Å². The number of H-pyrrole nitrogens is 1. The van der Waals surface area contributed by atoms with E-state index in [1.54, 1.807) is 24.3 Å². The standard InChI is InChI=1S/C15H17N3O4/c1-2-3-8-11(15(21)22)16-14(20)12-9-6-4-5-7-10(9)13(19)18-17-12/h4-7,11H,2-3,8H2,1H3,(H,16,20)(H,18,19)(H,21,22). The number of nitrogens with one attached hydrogen (secondary N) is 2. The van der Waals surface area contributed by atoms with Crippen LogP contribution in [0.25, 0.3) is 10.8 Å². The zero-order valence-electron chi connectivity index (χ0n) is 12.1. The summed E-state index contributed by atoms with van der Waals surface area (Å²) in [4.78, 5) is 35.2. The fourth-order valence-corrected chi connectivity index (χ4v) is 2.18. The minimum absolute atomic E-state index is 0.0120. The zero-order chi connectivity index (χ0) is 16.1. The molecule has 116 valence electrons. The molecule has 0 saturated carbocycles. The van der Waals surface area contributed by atoms with Crippen LogP contribution in [-0.2, 0) is 4.79 Å². The van der Waals surface area contributed by atoms with Crippen LogP contribution in [0.3, 0.4) is 0 Å². The van der Waals surface area contributed by atoms with Crippen molar-refractivity contribution in [2.75, 3.05) is 0 Å². The molecule has 2 aromatic rings. The number of carbonyl (C=O) groups excluding carboxylic acids is 1. The third kappa shape index (κ3) is 3.30. The molecule has 1 aromatic heterocycles. The number of aromatic nitrogens is 2. The molecule has 3 N–H and O–H groups in total. The van der Waals surface area contributed by atoms with Crippen molar-refractivity contribution in [1.82, 2.24) is 15.5 Å². The van der Waals surface area contributed by atoms with Crippen LogP contribution in [0.5, 0.6) is 0 Å². The molecule has 0 fully saturated rings. The van der Waals surface area contributed by atoms with Gasteiger partial charge >= 0.3 is 5.97 Å². The van der Waals surface area contributed by atoms with E-state index >= 15 is 0 Å². The summed E-state index contributed by atoms with van der Waals surface area (Å²) in [5.74, 6) is -1.70. The van der Waals surface area contributed by atoms with Crippen molar-refractivity contribution in [2.45, 2.75) is 32.2 Å². The number of aromatic amines is 1. The lowest BCUT2D eigenvalue weighted by Gasteiger charge is -2.14. The third-order valence-corrected chi connectivity index (χ3v) is 3.36. The van der Waals surface area contributed by atoms with Crippen LogP contribution in [-0.4, -0.2) is 33.2 Å². The van der Waals surface area contributed by atoms with Crippen molar-refractivity contribution >= 4 is 22.6 Å². The Morgan fingerprint density at radius 2 is 2.00 bits per heavy atom. The van der Waals surface area contributed by atoms with E-state index in [-0.39, 0.29) is 5.69 Å². The maximum atomic E-state index is 12.3. The zero-order valence-corrected chi connectivity index (χ0v) is 12.1. The highest BCUT2D eigenvalue weighted by Gasteiger charge is 2.22. The molecule has 7 nitrogen and oxygen atoms in total. The Labute approximate surface area is 126 Å². The van der Waals surface area contributed by atoms with Crippen molar-refractivity contribution in [1.29, 1.82) is 0 Å². The molecule has 1 aromatic carbocycles. The highest BCUT2D eigenvalue weighted by Crippen LogP contribution is 2.12. The van der Waals surface area contributed by atoms with Gasteiger partial charge in [0.25, 0.3) is 11.5 Å². The van der Waals surface area contributed by atoms with E-state index in [1.165, 1.54) is 0 Å². The maximum Gasteiger partial charge on any atom is 0.326 e. The Balaban J connectivity index is 2.31. The maximum absolute atomic E-state index is 12.3. The number of amides is 1. The number of benzene rings is 1. The smallest absolute Gasteiger partial charge is 0.326 e. The number of hydrogen-bond acceptors (Lipinski definition) is 4. The summed E-state index contributed by atoms with van der Waals surface area (Å²) in [6.07, 6.45) is 1.87. The Kier molecular flexibility index (Phi) is 4.88. The number of hydrogen-bond donors (Lipinski definition) is 3. The summed E-state index contributed by atoms with van der Waals surface area (Å²) >= 11 is 0. The number of unbranched alkanes of at least 4 members (excludes halogenated alkanes) is 1. The van der Waals surface area contributed by atoms with Gasteiger partial charge in [-0.25, -0.2) is 9.89 Å². The number of carbonyl (C=O) groups is 2. The van der Waals surface area contributed by atoms with Gasteiger partial charge in [-0.05, 0) is 12.5 Å². The second-order valence-corrected chi connectivity index (χ2v) is 4.95. The van der Waals surface area contributed by atoms with E-state index in [0.717, 1.165) is 6.42 Å². The highest BCUT2D eigenvalue weighted by atomic mass is 16.4. The van der Waals surface area contributed by atoms with E-state index in [9.17, 15) is 14.4 Å². The average molecular weight is 303 g/mol. The molecule has 1 atom stereocenters. The van der Waals surface area contributed by atoms with Crippen molar-refractivity contribution in [3.63, 3.8) is 0 Å². The molecular weight excluding hydrogens is 286 g/mol. The Hall–Kier alpha value is -2.70. The van der Waals surface area contributed by atoms with E-state index in [1.807, 2.05) is 6.92 Å². The molecule has 7 heteroatoms. The van der Waals surface area contributed by atoms with Crippen LogP contribution in [0, 0.1) is 0 Å². The number of nitrogens with zero attached hydrogens (tertiary/aromatic N) is 1. The first kappa shape index (κ1) is 15.7. The van der Waals surface area contributed by atoms with Gasteiger partial charge in [0.05, 0.1) is 5.39 Å². The SMILES string of the molecule is CCCCC(NC(=O)c1n[nH]c(=O)c2ccccc12)C(=O)O. The van der Waals surface area contributed by atoms with E-state index < -0.39 is 23.5 Å². The van der Waals surface area contributed by atoms with Gasteiger partial charge < -0.3 is 10.4 Å². The summed E-state index contributed by atoms with van der Waals surface area (Å²) in [7, 11) is 0. The molecule has 0 saturated heterocycles. The van der Waals surface area contributed by atoms with E-state index in [2.05, 4.69) is 15.5 Å². The fraction of sp³-hybridized carbons (Fsp3) is 0.333. The van der Waals surface area contributed by atoms with E-state index in [0.29, 0.717) is 23.6 Å². The second kappa shape index (κ2) is 6.84. The van der Waals surface area contributed by atoms with Crippen LogP contribution in [0.2, 0.25) is 0 Å². The summed E-state index contributed by atoms with van der Waals surface area (Å²) in [5.41, 5.74) is -0.383. The normalized spacial score (nSPS) is 12.0. The third-order valence-electron chi connectivity index (χ3n) is 3.36. The van der Waals surface area contributed by atoms with Gasteiger partial charge in [0.2, 0.25) is 0 Å². The van der Waals surface area contributed by atoms with Gasteiger partial charge in [-0.1, -0.05) is 38.0 Å². The van der Waals surface area contributed by atoms with Crippen LogP contribution >= 0.6 is 0 Å². The molecular formula is C15H17N3O4. The fourth-order valence-electron chi connectivity index (χ4n) is 2.18. The minimum Gasteiger partial charge on any atom is -0.480 e. The molecule has 0 spiro atoms. The number of aliphatic carboxylic acids is 1. The molecule has 1 unspecified atom stereocenters. The lowest BCUT2D eigenvalue weighted by molar-refractivity contribution is -0.139. The summed E-state index contributed by atoms with van der Waals surface area (Å²) in [6.45, 7) is 1.94. The van der Waals surface area contributed by atoms with Crippen LogP contribution in [0.4, 0.5) is 0 Å². The monoisotopic (exact) mass is 303 g/mol. The predicted molar refractivity (Wildman–Crippen MR) is 80.8 cm³/mol. The minimum atomic E-state index is -1.09. The first-order chi connectivity index (χ1) is 10.5. The lowest BCUT2D eigenvalue weighted by Crippen LogP contribution is -2.41. The Bertz CT molecular complexity index is 754. The molecule has 0 aliphatic carbocycles. The van der Waals surface area contributed by atoms with Crippen LogP contribution < -0.4 is 10.9 Å². The Morgan fingerprint density at radius 1 is 1.32 bits per heavy atom. The average Bonchev–Trinajstić information content (AvgIpc) is 2.51. The molecule has 1 heterocycles. The number of rotatable bonds is 6. The van der Waals surface area contributed by atoms with Gasteiger partial charge in [-0.2, -0.15) is 5.10 Å². The largest absolute Gasteiger partial charge is 0.480 e. The van der Waals surface area contributed by atoms with Crippen molar-refractivity contribution < 1.29 is 14.7 Å². The number of fused-ring (bicyclic) bond motifs is 1. The van der Waals surface area contributed by atoms with Gasteiger partial charge in [-0.15, -0.1) is 0 Å². The van der Waals surface area contributed by atoms with Crippen molar-refractivity contribution in [2.24, 2.45) is 0 Å². The van der Waals surface area contributed by atoms with Gasteiger partial charge in [0.15, 0.2) is 5.69 Å². The first-order valence-corrected chi connectivity index (χ1v) is 7.05. The second-order valence-electron chi connectivity index (χ2n) is 4.95. The summed E-state index contributed by atoms with van der Waals surface area (Å²) in [6, 6.07) is 5.58. The van der Waals surface area contributed by atoms with Gasteiger partial charge in [0, 0.05) is 5.39 Å². The van der Waals surface area contributed by atoms with Crippen LogP contribution in [0.1, 0.15) is 36.7 Å². The van der Waals surface area contributed by atoms with Crippen molar-refractivity contribution in [3.8, 4) is 0 Å². The summed E-state index contributed by atoms with van der Waals surface area (Å²) < 4.78 is 0. The first-order valence-electron chi connectivity index (χ1n) is 7.05. The summed E-state index contributed by atoms with van der Waals surface area (Å²) in [5, 5.41) is 18.4. The van der Waals surface area contributed by atoms with Gasteiger partial charge in [-0.3, -0.25) is 9.59 Å². The van der Waals surface area contributed by atoms with Gasteiger partial charge in [0.1, 0.15) is 6.04 Å². The lowest BCUT2D eigenvalue weighted by atomic mass is 10.1. The quantitative estimate of drug-likeness (QED) is 0.744. The Morgan fingerprint density at radius 3 is 2.64 bits per heavy atom. The molecule has 0 bridgehead atoms. The molecule has 0 aliphatic rings. The predicted octanol–water partition coefficient (Wildman–Crippen LogP) is 1.30. The van der Waals surface area contributed by atoms with Crippen LogP contribution in [0.15, 0.2) is 29.1 Å². The molecule has 2 rings (SSSR count). The molecule has 0 aliphatic heterocycles. The molecule has 0 radical (unpaired) electrons. The molecule has 22 heavy (non-hydrogen) atoms. The topological polar surface area (TPSA) is 112 Å². The highest BCUT2D eigenvalue weighted by molar-refractivity contribution is 6.05. The van der Waals surface area contributed by atoms with Crippen molar-refractivity contribution in [3.05, 3.63) is 40.3 Å². The number of carboxylic acids is 1. The molecule has 1 amide bonds. The number of carboxylic acid groups (broad SMARTS) is 1.